The Hall–Kier alpha value is -1.07. The summed E-state index contributed by atoms with van der Waals surface area (Å²) in [5, 5.41) is 12.6. The van der Waals surface area contributed by atoms with Gasteiger partial charge < -0.3 is 15.2 Å². The Morgan fingerprint density at radius 1 is 1.53 bits per heavy atom. The average Bonchev–Trinajstić information content (AvgIpc) is 2.40. The lowest BCUT2D eigenvalue weighted by molar-refractivity contribution is -0.151. The summed E-state index contributed by atoms with van der Waals surface area (Å²) in [7, 11) is 0. The van der Waals surface area contributed by atoms with Crippen LogP contribution in [0.25, 0.3) is 0 Å². The average molecular weight is 328 g/mol. The molecule has 1 aromatic carbocycles. The van der Waals surface area contributed by atoms with Crippen LogP contribution in [0.4, 0.5) is 0 Å². The Kier molecular flexibility index (Phi) is 4.82. The number of hydrogen-bond acceptors (Lipinski definition) is 3. The van der Waals surface area contributed by atoms with Crippen LogP contribution in [0.3, 0.4) is 0 Å². The molecule has 0 aliphatic carbocycles. The summed E-state index contributed by atoms with van der Waals surface area (Å²) in [6, 6.07) is 7.58. The lowest BCUT2D eigenvalue weighted by Gasteiger charge is -2.33. The van der Waals surface area contributed by atoms with Crippen LogP contribution >= 0.6 is 15.9 Å². The van der Waals surface area contributed by atoms with Gasteiger partial charge in [-0.15, -0.1) is 0 Å². The summed E-state index contributed by atoms with van der Waals surface area (Å²) in [5.41, 5.74) is -0.676. The van der Waals surface area contributed by atoms with Crippen LogP contribution in [0.5, 0.6) is 5.75 Å². The van der Waals surface area contributed by atoms with E-state index in [4.69, 9.17) is 4.74 Å². The quantitative estimate of drug-likeness (QED) is 0.872. The van der Waals surface area contributed by atoms with Gasteiger partial charge in [-0.1, -0.05) is 22.0 Å². The number of carboxylic acid groups (broad SMARTS) is 1. The van der Waals surface area contributed by atoms with Gasteiger partial charge in [0.25, 0.3) is 0 Å². The number of piperidine rings is 1. The van der Waals surface area contributed by atoms with Crippen LogP contribution in [0.1, 0.15) is 19.3 Å². The third-order valence-electron chi connectivity index (χ3n) is 3.57. The first-order valence-electron chi connectivity index (χ1n) is 6.45. The summed E-state index contributed by atoms with van der Waals surface area (Å²) < 4.78 is 6.60. The van der Waals surface area contributed by atoms with Crippen molar-refractivity contribution < 1.29 is 14.6 Å². The molecule has 1 aromatic rings. The number of ether oxygens (including phenoxy) is 1. The largest absolute Gasteiger partial charge is 0.494 e. The highest BCUT2D eigenvalue weighted by Crippen LogP contribution is 2.31. The molecule has 1 heterocycles. The first kappa shape index (κ1) is 14.3. The van der Waals surface area contributed by atoms with Crippen molar-refractivity contribution in [2.45, 2.75) is 19.3 Å². The maximum Gasteiger partial charge on any atom is 0.311 e. The molecule has 0 bridgehead atoms. The maximum absolute atomic E-state index is 11.5. The van der Waals surface area contributed by atoms with E-state index in [-0.39, 0.29) is 0 Å². The monoisotopic (exact) mass is 327 g/mol. The molecule has 1 saturated heterocycles. The summed E-state index contributed by atoms with van der Waals surface area (Å²) in [6.07, 6.45) is 2.15. The predicted octanol–water partition coefficient (Wildman–Crippen LogP) is 2.67. The van der Waals surface area contributed by atoms with Crippen molar-refractivity contribution >= 4 is 21.9 Å². The molecule has 104 valence electrons. The minimum atomic E-state index is -0.724. The van der Waals surface area contributed by atoms with Crippen molar-refractivity contribution in [2.75, 3.05) is 19.7 Å². The third kappa shape index (κ3) is 3.70. The van der Waals surface area contributed by atoms with Gasteiger partial charge in [-0.3, -0.25) is 4.79 Å². The standard InChI is InChI=1S/C14H18BrNO3/c15-11-3-1-4-12(9-11)19-8-6-14(13(17)18)5-2-7-16-10-14/h1,3-4,9,16H,2,5-8,10H2,(H,17,18). The summed E-state index contributed by atoms with van der Waals surface area (Å²) >= 11 is 3.38. The van der Waals surface area contributed by atoms with Crippen LogP contribution in [0.2, 0.25) is 0 Å². The van der Waals surface area contributed by atoms with Crippen molar-refractivity contribution in [2.24, 2.45) is 5.41 Å². The summed E-state index contributed by atoms with van der Waals surface area (Å²) in [5.74, 6) is 0.0382. The summed E-state index contributed by atoms with van der Waals surface area (Å²) in [4.78, 5) is 11.5. The molecule has 2 N–H and O–H groups in total. The second kappa shape index (κ2) is 6.39. The SMILES string of the molecule is O=C(O)C1(CCOc2cccc(Br)c2)CCCNC1. The van der Waals surface area contributed by atoms with Crippen LogP contribution in [0.15, 0.2) is 28.7 Å². The first-order valence-corrected chi connectivity index (χ1v) is 7.24. The van der Waals surface area contributed by atoms with E-state index in [0.29, 0.717) is 19.6 Å². The molecule has 0 saturated carbocycles. The zero-order valence-corrected chi connectivity index (χ0v) is 12.3. The van der Waals surface area contributed by atoms with E-state index in [1.165, 1.54) is 0 Å². The number of benzene rings is 1. The number of aliphatic carboxylic acids is 1. The molecule has 0 amide bonds. The van der Waals surface area contributed by atoms with Gasteiger partial charge in [-0.2, -0.15) is 0 Å². The van der Waals surface area contributed by atoms with Gasteiger partial charge in [0.2, 0.25) is 0 Å². The molecule has 1 unspecified atom stereocenters. The second-order valence-corrected chi connectivity index (χ2v) is 5.84. The Bertz CT molecular complexity index is 444. The first-order chi connectivity index (χ1) is 9.12. The molecule has 1 aliphatic rings. The lowest BCUT2D eigenvalue weighted by atomic mass is 9.78. The van der Waals surface area contributed by atoms with E-state index < -0.39 is 11.4 Å². The number of nitrogens with one attached hydrogen (secondary N) is 1. The molecule has 0 radical (unpaired) electrons. The third-order valence-corrected chi connectivity index (χ3v) is 4.06. The van der Waals surface area contributed by atoms with E-state index in [9.17, 15) is 9.90 Å². The molecule has 19 heavy (non-hydrogen) atoms. The molecule has 0 spiro atoms. The fourth-order valence-corrected chi connectivity index (χ4v) is 2.77. The van der Waals surface area contributed by atoms with Crippen LogP contribution in [0, 0.1) is 5.41 Å². The van der Waals surface area contributed by atoms with Crippen LogP contribution in [-0.2, 0) is 4.79 Å². The van der Waals surface area contributed by atoms with E-state index in [1.807, 2.05) is 24.3 Å². The Labute approximate surface area is 121 Å². The van der Waals surface area contributed by atoms with E-state index in [0.717, 1.165) is 29.6 Å². The number of rotatable bonds is 5. The van der Waals surface area contributed by atoms with Gasteiger partial charge >= 0.3 is 5.97 Å². The Balaban J connectivity index is 1.91. The number of carbonyl (C=O) groups is 1. The van der Waals surface area contributed by atoms with E-state index in [1.54, 1.807) is 0 Å². The van der Waals surface area contributed by atoms with Gasteiger partial charge in [0.05, 0.1) is 12.0 Å². The zero-order chi connectivity index (χ0) is 13.7. The lowest BCUT2D eigenvalue weighted by Crippen LogP contribution is -2.46. The fraction of sp³-hybridized carbons (Fsp3) is 0.500. The van der Waals surface area contributed by atoms with Crippen LogP contribution < -0.4 is 10.1 Å². The highest BCUT2D eigenvalue weighted by atomic mass is 79.9. The zero-order valence-electron chi connectivity index (χ0n) is 10.7. The molecule has 5 heteroatoms. The molecule has 1 atom stereocenters. The van der Waals surface area contributed by atoms with E-state index >= 15 is 0 Å². The van der Waals surface area contributed by atoms with Crippen molar-refractivity contribution in [3.8, 4) is 5.75 Å². The Morgan fingerprint density at radius 3 is 3.00 bits per heavy atom. The minimum Gasteiger partial charge on any atom is -0.494 e. The van der Waals surface area contributed by atoms with Crippen molar-refractivity contribution in [1.82, 2.24) is 5.32 Å². The molecular weight excluding hydrogens is 310 g/mol. The van der Waals surface area contributed by atoms with Crippen molar-refractivity contribution in [3.05, 3.63) is 28.7 Å². The van der Waals surface area contributed by atoms with Gasteiger partial charge in [-0.25, -0.2) is 0 Å². The normalized spacial score (nSPS) is 23.0. The highest BCUT2D eigenvalue weighted by molar-refractivity contribution is 9.10. The topological polar surface area (TPSA) is 58.6 Å². The van der Waals surface area contributed by atoms with Gasteiger partial charge in [0.15, 0.2) is 0 Å². The number of hydrogen-bond donors (Lipinski definition) is 2. The molecule has 1 fully saturated rings. The predicted molar refractivity (Wildman–Crippen MR) is 76.4 cm³/mol. The maximum atomic E-state index is 11.5. The minimum absolute atomic E-state index is 0.421. The van der Waals surface area contributed by atoms with Crippen LogP contribution in [-0.4, -0.2) is 30.8 Å². The second-order valence-electron chi connectivity index (χ2n) is 4.92. The molecule has 0 aromatic heterocycles. The fourth-order valence-electron chi connectivity index (χ4n) is 2.39. The highest BCUT2D eigenvalue weighted by Gasteiger charge is 2.39. The molecule has 2 rings (SSSR count). The van der Waals surface area contributed by atoms with Gasteiger partial charge in [0.1, 0.15) is 5.75 Å². The number of halogens is 1. The Morgan fingerprint density at radius 2 is 2.37 bits per heavy atom. The molecule has 4 nitrogen and oxygen atoms in total. The number of carboxylic acids is 1. The molecule has 1 aliphatic heterocycles. The van der Waals surface area contributed by atoms with Crippen molar-refractivity contribution in [3.63, 3.8) is 0 Å². The van der Waals surface area contributed by atoms with Gasteiger partial charge in [0, 0.05) is 11.0 Å². The van der Waals surface area contributed by atoms with E-state index in [2.05, 4.69) is 21.2 Å². The molecular formula is C14H18BrNO3. The smallest absolute Gasteiger partial charge is 0.311 e. The summed E-state index contributed by atoms with van der Waals surface area (Å²) in [6.45, 7) is 1.86. The van der Waals surface area contributed by atoms with Crippen molar-refractivity contribution in [1.29, 1.82) is 0 Å². The van der Waals surface area contributed by atoms with Gasteiger partial charge in [-0.05, 0) is 44.0 Å².